The van der Waals surface area contributed by atoms with Crippen LogP contribution in [-0.2, 0) is 19.2 Å². The Hall–Kier alpha value is -3.51. The number of ketones is 1. The second kappa shape index (κ2) is 8.77. The number of alkyl halides is 3. The Morgan fingerprint density at radius 2 is 1.84 bits per heavy atom. The fourth-order valence-corrected chi connectivity index (χ4v) is 5.98. The lowest BCUT2D eigenvalue weighted by Crippen LogP contribution is -2.71. The van der Waals surface area contributed by atoms with Gasteiger partial charge in [0.15, 0.2) is 0 Å². The highest BCUT2D eigenvalue weighted by atomic mass is 19.4. The van der Waals surface area contributed by atoms with Gasteiger partial charge in [-0.3, -0.25) is 24.0 Å². The van der Waals surface area contributed by atoms with Gasteiger partial charge in [0.1, 0.15) is 5.82 Å². The van der Waals surface area contributed by atoms with Crippen LogP contribution in [0.3, 0.4) is 0 Å². The molecule has 0 radical (unpaired) electrons. The maximum atomic E-state index is 13.2. The molecule has 2 bridgehead atoms. The van der Waals surface area contributed by atoms with Gasteiger partial charge in [0, 0.05) is 18.0 Å². The van der Waals surface area contributed by atoms with Gasteiger partial charge in [-0.25, -0.2) is 4.98 Å². The van der Waals surface area contributed by atoms with Gasteiger partial charge in [0.05, 0.1) is 28.0 Å². The Morgan fingerprint density at radius 1 is 1.18 bits per heavy atom. The van der Waals surface area contributed by atoms with E-state index < -0.39 is 52.3 Å². The summed E-state index contributed by atoms with van der Waals surface area (Å²) in [6, 6.07) is 2.38. The SMILES string of the molecule is C[C@@H]1C[C@H](C[C@H](C(=O)C(=O)NC2CC2)c2ccc(C(N)=O)c(NC(=O)C34CC(C(F)(F)F)(C3)C4)n2)C(=O)N1. The predicted molar refractivity (Wildman–Crippen MR) is 125 cm³/mol. The number of nitrogens with one attached hydrogen (secondary N) is 3. The number of nitrogens with two attached hydrogens (primary N) is 1. The maximum Gasteiger partial charge on any atom is 0.394 e. The van der Waals surface area contributed by atoms with Gasteiger partial charge in [-0.05, 0) is 64.0 Å². The van der Waals surface area contributed by atoms with Crippen LogP contribution in [0.4, 0.5) is 19.0 Å². The highest BCUT2D eigenvalue weighted by Crippen LogP contribution is 2.78. The van der Waals surface area contributed by atoms with Crippen molar-refractivity contribution in [2.75, 3.05) is 5.32 Å². The molecule has 13 heteroatoms. The number of hydrogen-bond acceptors (Lipinski definition) is 6. The molecule has 1 aromatic rings. The van der Waals surface area contributed by atoms with Crippen LogP contribution in [0.5, 0.6) is 0 Å². The average Bonchev–Trinajstić information content (AvgIpc) is 3.50. The Labute approximate surface area is 215 Å². The maximum absolute atomic E-state index is 13.2. The predicted octanol–water partition coefficient (Wildman–Crippen LogP) is 1.70. The zero-order chi connectivity index (χ0) is 27.6. The average molecular weight is 536 g/mol. The number of carbonyl (C=O) groups excluding carboxylic acids is 5. The van der Waals surface area contributed by atoms with Crippen LogP contribution in [0.25, 0.3) is 0 Å². The molecular formula is C25H28F3N5O5. The van der Waals surface area contributed by atoms with E-state index in [2.05, 4.69) is 20.9 Å². The van der Waals surface area contributed by atoms with E-state index in [1.54, 1.807) is 0 Å². The van der Waals surface area contributed by atoms with Gasteiger partial charge in [-0.2, -0.15) is 13.2 Å². The molecule has 4 amide bonds. The lowest BCUT2D eigenvalue weighted by atomic mass is 9.34. The summed E-state index contributed by atoms with van der Waals surface area (Å²) in [4.78, 5) is 67.5. The molecule has 204 valence electrons. The molecule has 5 fully saturated rings. The highest BCUT2D eigenvalue weighted by molar-refractivity contribution is 6.38. The van der Waals surface area contributed by atoms with Gasteiger partial charge < -0.3 is 21.7 Å². The van der Waals surface area contributed by atoms with Gasteiger partial charge in [0.2, 0.25) is 17.6 Å². The van der Waals surface area contributed by atoms with E-state index in [0.29, 0.717) is 6.42 Å². The van der Waals surface area contributed by atoms with Crippen LogP contribution in [-0.4, -0.2) is 52.7 Å². The minimum absolute atomic E-state index is 0.0264. The molecule has 38 heavy (non-hydrogen) atoms. The Balaban J connectivity index is 1.41. The molecule has 10 nitrogen and oxygen atoms in total. The van der Waals surface area contributed by atoms with E-state index in [1.807, 2.05) is 6.92 Å². The number of amides is 4. The molecule has 4 saturated carbocycles. The summed E-state index contributed by atoms with van der Waals surface area (Å²) in [7, 11) is 0. The molecule has 5 N–H and O–H groups in total. The molecule has 0 unspecified atom stereocenters. The van der Waals surface area contributed by atoms with Crippen molar-refractivity contribution >= 4 is 35.2 Å². The minimum Gasteiger partial charge on any atom is -0.365 e. The molecule has 4 aliphatic carbocycles. The van der Waals surface area contributed by atoms with E-state index in [-0.39, 0.29) is 60.7 Å². The van der Waals surface area contributed by atoms with E-state index in [4.69, 9.17) is 5.73 Å². The molecule has 1 saturated heterocycles. The lowest BCUT2D eigenvalue weighted by Gasteiger charge is -2.68. The van der Waals surface area contributed by atoms with Crippen LogP contribution in [0.15, 0.2) is 12.1 Å². The topological polar surface area (TPSA) is 160 Å². The van der Waals surface area contributed by atoms with E-state index >= 15 is 0 Å². The third-order valence-corrected chi connectivity index (χ3v) is 8.26. The first-order chi connectivity index (χ1) is 17.7. The quantitative estimate of drug-likeness (QED) is 0.352. The summed E-state index contributed by atoms with van der Waals surface area (Å²) in [6.45, 7) is 1.82. The number of primary amides is 1. The summed E-state index contributed by atoms with van der Waals surface area (Å²) in [5.74, 6) is -5.57. The monoisotopic (exact) mass is 535 g/mol. The van der Waals surface area contributed by atoms with Crippen LogP contribution < -0.4 is 21.7 Å². The molecule has 5 aliphatic rings. The van der Waals surface area contributed by atoms with Crippen LogP contribution in [0.2, 0.25) is 0 Å². The third-order valence-electron chi connectivity index (χ3n) is 8.26. The van der Waals surface area contributed by atoms with Gasteiger partial charge in [-0.15, -0.1) is 0 Å². The van der Waals surface area contributed by atoms with E-state index in [9.17, 15) is 37.1 Å². The van der Waals surface area contributed by atoms with Crippen molar-refractivity contribution in [3.63, 3.8) is 0 Å². The molecule has 2 heterocycles. The number of hydrogen-bond donors (Lipinski definition) is 4. The van der Waals surface area contributed by atoms with Crippen molar-refractivity contribution in [3.05, 3.63) is 23.4 Å². The number of rotatable bonds is 9. The highest BCUT2D eigenvalue weighted by Gasteiger charge is 2.81. The zero-order valence-electron chi connectivity index (χ0n) is 20.6. The summed E-state index contributed by atoms with van der Waals surface area (Å²) >= 11 is 0. The summed E-state index contributed by atoms with van der Waals surface area (Å²) < 4.78 is 39.7. The first-order valence-electron chi connectivity index (χ1n) is 12.6. The zero-order valence-corrected chi connectivity index (χ0v) is 20.6. The second-order valence-electron chi connectivity index (χ2n) is 11.3. The van der Waals surface area contributed by atoms with Crippen molar-refractivity contribution in [2.24, 2.45) is 22.5 Å². The van der Waals surface area contributed by atoms with E-state index in [1.165, 1.54) is 12.1 Å². The second-order valence-corrected chi connectivity index (χ2v) is 11.3. The summed E-state index contributed by atoms with van der Waals surface area (Å²) in [5, 5.41) is 7.85. The minimum atomic E-state index is -4.40. The third kappa shape index (κ3) is 4.41. The van der Waals surface area contributed by atoms with E-state index in [0.717, 1.165) is 12.8 Å². The molecular weight excluding hydrogens is 507 g/mol. The normalized spacial score (nSPS) is 30.4. The molecule has 3 atom stereocenters. The fourth-order valence-electron chi connectivity index (χ4n) is 5.98. The number of anilines is 1. The Bertz CT molecular complexity index is 1220. The first kappa shape index (κ1) is 26.1. The Morgan fingerprint density at radius 3 is 2.37 bits per heavy atom. The number of aromatic nitrogens is 1. The number of pyridine rings is 1. The number of halogens is 3. The first-order valence-corrected chi connectivity index (χ1v) is 12.6. The molecule has 0 aromatic carbocycles. The Kier molecular flexibility index (Phi) is 6.03. The van der Waals surface area contributed by atoms with Gasteiger partial charge in [-0.1, -0.05) is 0 Å². The van der Waals surface area contributed by atoms with Gasteiger partial charge in [0.25, 0.3) is 11.8 Å². The summed E-state index contributed by atoms with van der Waals surface area (Å²) in [6.07, 6.45) is -3.52. The lowest BCUT2D eigenvalue weighted by molar-refractivity contribution is -0.349. The van der Waals surface area contributed by atoms with Crippen molar-refractivity contribution in [1.29, 1.82) is 0 Å². The smallest absolute Gasteiger partial charge is 0.365 e. The largest absolute Gasteiger partial charge is 0.394 e. The standard InChI is InChI=1S/C25H28F3N5O5/c1-11-6-12(20(36)30-11)7-15(17(34)21(37)31-13-2-3-13)16-5-4-14(18(29)35)19(32-16)33-22(38)23-8-24(9-23,10-23)25(26,27)28/h4-5,11-13,15H,2-3,6-10H2,1H3,(H2,29,35)(H,30,36)(H,31,37)(H,32,33,38)/t11-,12-,15+,23?,24?/m1/s1. The summed E-state index contributed by atoms with van der Waals surface area (Å²) in [5.41, 5.74) is 2.22. The van der Waals surface area contributed by atoms with Crippen molar-refractivity contribution < 1.29 is 37.1 Å². The number of Topliss-reactive ketones (excluding diaryl/α,β-unsaturated/α-hetero) is 1. The number of carbonyl (C=O) groups is 5. The molecule has 0 spiro atoms. The fraction of sp³-hybridized carbons (Fsp3) is 0.600. The van der Waals surface area contributed by atoms with Crippen LogP contribution in [0.1, 0.15) is 73.8 Å². The molecule has 6 rings (SSSR count). The van der Waals surface area contributed by atoms with Crippen molar-refractivity contribution in [1.82, 2.24) is 15.6 Å². The van der Waals surface area contributed by atoms with Gasteiger partial charge >= 0.3 is 6.18 Å². The number of nitrogens with zero attached hydrogens (tertiary/aromatic N) is 1. The molecule has 1 aromatic heterocycles. The van der Waals surface area contributed by atoms with Crippen molar-refractivity contribution in [2.45, 2.75) is 76.0 Å². The van der Waals surface area contributed by atoms with Crippen molar-refractivity contribution in [3.8, 4) is 0 Å². The van der Waals surface area contributed by atoms with Crippen LogP contribution >= 0.6 is 0 Å². The van der Waals surface area contributed by atoms with Crippen LogP contribution in [0, 0.1) is 16.7 Å². The molecule has 1 aliphatic heterocycles.